The zero-order chi connectivity index (χ0) is 22.6. The Morgan fingerprint density at radius 3 is 2.52 bits per heavy atom. The number of hydrogen-bond donors (Lipinski definition) is 3. The fourth-order valence-electron chi connectivity index (χ4n) is 2.53. The normalized spacial score (nSPS) is 12.0. The largest absolute Gasteiger partial charge is 0.472 e. The van der Waals surface area contributed by atoms with E-state index in [1.54, 1.807) is 17.6 Å². The van der Waals surface area contributed by atoms with Gasteiger partial charge in [0.05, 0.1) is 11.4 Å². The van der Waals surface area contributed by atoms with Crippen molar-refractivity contribution in [2.24, 2.45) is 10.7 Å². The molecule has 0 bridgehead atoms. The molecule has 0 fully saturated rings. The van der Waals surface area contributed by atoms with E-state index in [9.17, 15) is 23.2 Å². The first kappa shape index (κ1) is 22.2. The molecule has 1 amide bonds. The molecular formula is C18H14ClF3N6O3. The van der Waals surface area contributed by atoms with Gasteiger partial charge in [0, 0.05) is 11.6 Å². The number of halogens is 4. The number of hydroxylamine groups is 1. The molecule has 3 aromatic rings. The fraction of sp³-hybridized carbons (Fsp3) is 0.111. The van der Waals surface area contributed by atoms with Gasteiger partial charge in [0.2, 0.25) is 5.82 Å². The minimum absolute atomic E-state index is 0.148. The highest BCUT2D eigenvalue weighted by atomic mass is 35.5. The molecule has 0 atom stereocenters. The van der Waals surface area contributed by atoms with Gasteiger partial charge in [-0.25, -0.2) is 9.62 Å². The molecule has 0 aliphatic carbocycles. The number of nitrogens with one attached hydrogen (secondary N) is 1. The van der Waals surface area contributed by atoms with Gasteiger partial charge in [0.25, 0.3) is 0 Å². The molecular weight excluding hydrogens is 441 g/mol. The number of benzene rings is 2. The van der Waals surface area contributed by atoms with E-state index in [4.69, 9.17) is 17.3 Å². The SMILES string of the molecule is NCc1ccc(N(C(=O)C(F)(F)F)c2nonc2C(=Nc2cccc(Cl)c2)NO)cc1. The lowest BCUT2D eigenvalue weighted by Crippen LogP contribution is -2.39. The fourth-order valence-corrected chi connectivity index (χ4v) is 2.71. The van der Waals surface area contributed by atoms with E-state index in [2.05, 4.69) is 19.9 Å². The van der Waals surface area contributed by atoms with Crippen LogP contribution in [0.5, 0.6) is 0 Å². The van der Waals surface area contributed by atoms with E-state index in [-0.39, 0.29) is 22.8 Å². The number of carbonyl (C=O) groups is 1. The summed E-state index contributed by atoms with van der Waals surface area (Å²) in [6.07, 6.45) is -5.25. The zero-order valence-corrected chi connectivity index (χ0v) is 16.2. The first-order valence-corrected chi connectivity index (χ1v) is 8.90. The van der Waals surface area contributed by atoms with Crippen molar-refractivity contribution < 1.29 is 27.8 Å². The van der Waals surface area contributed by atoms with Gasteiger partial charge in [-0.2, -0.15) is 13.2 Å². The second-order valence-corrected chi connectivity index (χ2v) is 6.43. The number of carbonyl (C=O) groups excluding carboxylic acids is 1. The van der Waals surface area contributed by atoms with Crippen LogP contribution in [0.1, 0.15) is 11.3 Å². The summed E-state index contributed by atoms with van der Waals surface area (Å²) in [5, 5.41) is 16.8. The quantitative estimate of drug-likeness (QED) is 0.306. The number of alkyl halides is 3. The minimum atomic E-state index is -5.25. The molecule has 2 aromatic carbocycles. The third-order valence-electron chi connectivity index (χ3n) is 3.94. The summed E-state index contributed by atoms with van der Waals surface area (Å²) >= 11 is 5.89. The van der Waals surface area contributed by atoms with Crippen LogP contribution in [0, 0.1) is 0 Å². The minimum Gasteiger partial charge on any atom is -0.326 e. The van der Waals surface area contributed by atoms with Gasteiger partial charge in [-0.15, -0.1) is 0 Å². The summed E-state index contributed by atoms with van der Waals surface area (Å²) < 4.78 is 44.5. The number of anilines is 2. The number of amidine groups is 1. The summed E-state index contributed by atoms with van der Waals surface area (Å²) in [7, 11) is 0. The van der Waals surface area contributed by atoms with E-state index >= 15 is 0 Å². The summed E-state index contributed by atoms with van der Waals surface area (Å²) in [6.45, 7) is 0.148. The molecule has 0 unspecified atom stereocenters. The van der Waals surface area contributed by atoms with Crippen molar-refractivity contribution in [1.29, 1.82) is 0 Å². The molecule has 9 nitrogen and oxygen atoms in total. The first-order valence-electron chi connectivity index (χ1n) is 8.52. The van der Waals surface area contributed by atoms with Crippen molar-refractivity contribution in [3.05, 3.63) is 64.8 Å². The standard InChI is InChI=1S/C18H14ClF3N6O3/c19-11-2-1-3-12(8-11)24-15(25-30)14-16(27-31-26-14)28(17(29)18(20,21)22)13-6-4-10(9-23)5-7-13/h1-8,30H,9,23H2,(H,24,25). The highest BCUT2D eigenvalue weighted by Gasteiger charge is 2.46. The molecule has 0 radical (unpaired) electrons. The van der Waals surface area contributed by atoms with Gasteiger partial charge < -0.3 is 5.73 Å². The summed E-state index contributed by atoms with van der Waals surface area (Å²) in [5.41, 5.74) is 7.45. The molecule has 3 rings (SSSR count). The molecule has 0 aliphatic rings. The smallest absolute Gasteiger partial charge is 0.326 e. The van der Waals surface area contributed by atoms with E-state index in [0.29, 0.717) is 10.6 Å². The lowest BCUT2D eigenvalue weighted by atomic mass is 10.2. The zero-order valence-electron chi connectivity index (χ0n) is 15.5. The molecule has 162 valence electrons. The molecule has 0 saturated carbocycles. The van der Waals surface area contributed by atoms with Gasteiger partial charge >= 0.3 is 12.1 Å². The maximum atomic E-state index is 13.3. The molecule has 4 N–H and O–H groups in total. The molecule has 0 saturated heterocycles. The Bertz CT molecular complexity index is 1100. The van der Waals surface area contributed by atoms with Crippen molar-refractivity contribution in [3.8, 4) is 0 Å². The number of rotatable bonds is 5. The van der Waals surface area contributed by atoms with Crippen LogP contribution in [0.2, 0.25) is 5.02 Å². The highest BCUT2D eigenvalue weighted by Crippen LogP contribution is 2.32. The monoisotopic (exact) mass is 454 g/mol. The van der Waals surface area contributed by atoms with Crippen LogP contribution < -0.4 is 16.1 Å². The molecule has 1 heterocycles. The van der Waals surface area contributed by atoms with Crippen molar-refractivity contribution in [2.75, 3.05) is 4.90 Å². The Hall–Kier alpha value is -3.48. The van der Waals surface area contributed by atoms with Crippen LogP contribution in [0.4, 0.5) is 30.4 Å². The van der Waals surface area contributed by atoms with Crippen LogP contribution >= 0.6 is 11.6 Å². The van der Waals surface area contributed by atoms with Crippen molar-refractivity contribution in [2.45, 2.75) is 12.7 Å². The molecule has 13 heteroatoms. The predicted octanol–water partition coefficient (Wildman–Crippen LogP) is 3.47. The Balaban J connectivity index is 2.13. The van der Waals surface area contributed by atoms with E-state index in [1.165, 1.54) is 36.4 Å². The van der Waals surface area contributed by atoms with Crippen LogP contribution in [0.25, 0.3) is 0 Å². The number of aromatic nitrogens is 2. The maximum absolute atomic E-state index is 13.3. The van der Waals surface area contributed by atoms with Crippen LogP contribution in [0.15, 0.2) is 58.2 Å². The van der Waals surface area contributed by atoms with Gasteiger partial charge in [0.15, 0.2) is 11.5 Å². The third-order valence-corrected chi connectivity index (χ3v) is 4.17. The number of hydrogen-bond acceptors (Lipinski definition) is 7. The Kier molecular flexibility index (Phi) is 6.53. The highest BCUT2D eigenvalue weighted by molar-refractivity contribution is 6.30. The van der Waals surface area contributed by atoms with Crippen LogP contribution in [0.3, 0.4) is 0 Å². The Morgan fingerprint density at radius 1 is 1.23 bits per heavy atom. The van der Waals surface area contributed by atoms with Crippen LogP contribution in [-0.2, 0) is 11.3 Å². The molecule has 31 heavy (non-hydrogen) atoms. The average Bonchev–Trinajstić information content (AvgIpc) is 3.21. The summed E-state index contributed by atoms with van der Waals surface area (Å²) in [4.78, 5) is 16.5. The number of nitrogens with two attached hydrogens (primary N) is 1. The van der Waals surface area contributed by atoms with Crippen molar-refractivity contribution in [1.82, 2.24) is 15.8 Å². The first-order chi connectivity index (χ1) is 14.7. The maximum Gasteiger partial charge on any atom is 0.472 e. The molecule has 0 spiro atoms. The summed E-state index contributed by atoms with van der Waals surface area (Å²) in [5.74, 6) is -3.34. The number of amides is 1. The van der Waals surface area contributed by atoms with Gasteiger partial charge in [0.1, 0.15) is 0 Å². The lowest BCUT2D eigenvalue weighted by molar-refractivity contribution is -0.169. The second kappa shape index (κ2) is 9.12. The van der Waals surface area contributed by atoms with E-state index in [0.717, 1.165) is 0 Å². The second-order valence-electron chi connectivity index (χ2n) is 6.00. The Morgan fingerprint density at radius 2 is 1.94 bits per heavy atom. The Labute approximate surface area is 177 Å². The topological polar surface area (TPSA) is 130 Å². The van der Waals surface area contributed by atoms with Crippen molar-refractivity contribution in [3.63, 3.8) is 0 Å². The molecule has 1 aromatic heterocycles. The third kappa shape index (κ3) is 4.99. The van der Waals surface area contributed by atoms with Gasteiger partial charge in [-0.1, -0.05) is 29.8 Å². The lowest BCUT2D eigenvalue weighted by Gasteiger charge is -2.22. The van der Waals surface area contributed by atoms with Gasteiger partial charge in [-0.3, -0.25) is 20.4 Å². The molecule has 0 aliphatic heterocycles. The predicted molar refractivity (Wildman–Crippen MR) is 104 cm³/mol. The summed E-state index contributed by atoms with van der Waals surface area (Å²) in [6, 6.07) is 11.5. The van der Waals surface area contributed by atoms with Gasteiger partial charge in [-0.05, 0) is 46.2 Å². The average molecular weight is 455 g/mol. The van der Waals surface area contributed by atoms with E-state index in [1.807, 2.05) is 0 Å². The number of aliphatic imine (C=N–C) groups is 1. The van der Waals surface area contributed by atoms with Crippen molar-refractivity contribution >= 4 is 40.5 Å². The number of nitrogens with zero attached hydrogens (tertiary/aromatic N) is 4. The van der Waals surface area contributed by atoms with E-state index < -0.39 is 29.4 Å². The van der Waals surface area contributed by atoms with Crippen LogP contribution in [-0.4, -0.2) is 33.4 Å².